The fourth-order valence-corrected chi connectivity index (χ4v) is 4.83. The topological polar surface area (TPSA) is 25.3 Å². The minimum atomic E-state index is 0.905. The molecule has 0 atom stereocenters. The smallest absolute Gasteiger partial charge is 0.211 e. The Morgan fingerprint density at radius 3 is 1.75 bits per heavy atom. The zero-order chi connectivity index (χ0) is 25.6. The molecule has 0 aliphatic carbocycles. The van der Waals surface area contributed by atoms with E-state index in [9.17, 15) is 5.53 Å². The molecule has 0 aromatic heterocycles. The summed E-state index contributed by atoms with van der Waals surface area (Å²) in [5.74, 6) is 0. The molecular formula is C34H44N2. The fourth-order valence-electron chi connectivity index (χ4n) is 4.83. The zero-order valence-electron chi connectivity index (χ0n) is 22.7. The average molecular weight is 481 g/mol. The standard InChI is InChI=1S/C34H44N2/c1-4-7-10-12-14-21-28-23-16-18-25-31(28)33-27-30(20-9-6-3)34(36(33)35)32-26-19-17-24-29(32)22-15-13-11-8-5-2/h10-13,16-19,23-27H,4-9,14-15,20-22H2,1-3H3. The van der Waals surface area contributed by atoms with Gasteiger partial charge >= 0.3 is 0 Å². The van der Waals surface area contributed by atoms with Gasteiger partial charge in [0.25, 0.3) is 0 Å². The maximum Gasteiger partial charge on any atom is 0.211 e. The lowest BCUT2D eigenvalue weighted by molar-refractivity contribution is -0.344. The molecule has 0 saturated heterocycles. The Bertz CT molecular complexity index is 1110. The van der Waals surface area contributed by atoms with E-state index in [1.807, 2.05) is 0 Å². The Kier molecular flexibility index (Phi) is 11.6. The third-order valence-corrected chi connectivity index (χ3v) is 6.83. The second kappa shape index (κ2) is 15.2. The van der Waals surface area contributed by atoms with Crippen LogP contribution in [-0.4, -0.2) is 4.70 Å². The van der Waals surface area contributed by atoms with Crippen LogP contribution in [0.1, 0.15) is 101 Å². The van der Waals surface area contributed by atoms with E-state index in [0.717, 1.165) is 80.3 Å². The van der Waals surface area contributed by atoms with E-state index < -0.39 is 0 Å². The van der Waals surface area contributed by atoms with Crippen LogP contribution >= 0.6 is 0 Å². The number of unbranched alkanes of at least 4 members (excludes halogenated alkanes) is 3. The molecule has 0 amide bonds. The van der Waals surface area contributed by atoms with E-state index in [1.54, 1.807) is 0 Å². The lowest BCUT2D eigenvalue weighted by Crippen LogP contribution is -2.06. The molecule has 1 aliphatic rings. The normalized spacial score (nSPS) is 14.0. The maximum atomic E-state index is 11.6. The van der Waals surface area contributed by atoms with Crippen molar-refractivity contribution in [3.05, 3.63) is 112 Å². The molecule has 2 nitrogen and oxygen atoms in total. The third-order valence-electron chi connectivity index (χ3n) is 6.83. The van der Waals surface area contributed by atoms with Gasteiger partial charge in [0, 0.05) is 22.8 Å². The van der Waals surface area contributed by atoms with Gasteiger partial charge in [-0.2, -0.15) is 0 Å². The summed E-state index contributed by atoms with van der Waals surface area (Å²) >= 11 is 0. The van der Waals surface area contributed by atoms with Crippen molar-refractivity contribution in [1.29, 1.82) is 0 Å². The number of hydrogen-bond acceptors (Lipinski definition) is 0. The van der Waals surface area contributed by atoms with Gasteiger partial charge in [0.15, 0.2) is 0 Å². The van der Waals surface area contributed by atoms with Crippen molar-refractivity contribution < 1.29 is 4.70 Å². The fraction of sp³-hybridized carbons (Fsp3) is 0.412. The molecule has 0 spiro atoms. The molecule has 0 saturated carbocycles. The molecule has 0 radical (unpaired) electrons. The lowest BCUT2D eigenvalue weighted by atomic mass is 9.96. The molecule has 0 unspecified atom stereocenters. The highest BCUT2D eigenvalue weighted by Gasteiger charge is 2.30. The molecule has 0 bridgehead atoms. The molecule has 2 aromatic rings. The molecule has 1 aliphatic heterocycles. The van der Waals surface area contributed by atoms with Crippen LogP contribution in [0.5, 0.6) is 0 Å². The van der Waals surface area contributed by atoms with Gasteiger partial charge in [0.2, 0.25) is 11.4 Å². The summed E-state index contributed by atoms with van der Waals surface area (Å²) in [7, 11) is 0. The van der Waals surface area contributed by atoms with Crippen molar-refractivity contribution in [3.63, 3.8) is 0 Å². The SMILES string of the molecule is CCCC=CCCc1ccccc1C1=CC(CCCC)=C(c2ccccc2CCC=CCCC)[N+]1=[N-]. The van der Waals surface area contributed by atoms with Gasteiger partial charge in [-0.25, -0.2) is 4.70 Å². The monoisotopic (exact) mass is 480 g/mol. The Hall–Kier alpha value is -3.00. The van der Waals surface area contributed by atoms with E-state index >= 15 is 0 Å². The Morgan fingerprint density at radius 2 is 1.17 bits per heavy atom. The second-order valence-electron chi connectivity index (χ2n) is 9.73. The number of rotatable bonds is 15. The summed E-state index contributed by atoms with van der Waals surface area (Å²) in [6, 6.07) is 17.2. The second-order valence-corrected chi connectivity index (χ2v) is 9.73. The van der Waals surface area contributed by atoms with E-state index in [4.69, 9.17) is 0 Å². The van der Waals surface area contributed by atoms with Crippen molar-refractivity contribution in [2.75, 3.05) is 0 Å². The Morgan fingerprint density at radius 1 is 0.639 bits per heavy atom. The van der Waals surface area contributed by atoms with Crippen LogP contribution in [0.3, 0.4) is 0 Å². The lowest BCUT2D eigenvalue weighted by Gasteiger charge is -2.14. The number of hydrogen-bond donors (Lipinski definition) is 0. The first-order valence-corrected chi connectivity index (χ1v) is 14.1. The Balaban J connectivity index is 1.90. The van der Waals surface area contributed by atoms with E-state index in [0.29, 0.717) is 0 Å². The zero-order valence-corrected chi connectivity index (χ0v) is 22.7. The molecule has 1 heterocycles. The minimum Gasteiger partial charge on any atom is -0.493 e. The first kappa shape index (κ1) is 27.6. The van der Waals surface area contributed by atoms with Gasteiger partial charge in [-0.05, 0) is 74.6 Å². The van der Waals surface area contributed by atoms with Crippen LogP contribution in [0.2, 0.25) is 0 Å². The maximum absolute atomic E-state index is 11.6. The van der Waals surface area contributed by atoms with Crippen LogP contribution in [0.4, 0.5) is 0 Å². The average Bonchev–Trinajstić information content (AvgIpc) is 3.23. The summed E-state index contributed by atoms with van der Waals surface area (Å²) < 4.78 is 1.47. The highest BCUT2D eigenvalue weighted by molar-refractivity contribution is 5.80. The van der Waals surface area contributed by atoms with Crippen molar-refractivity contribution in [1.82, 2.24) is 0 Å². The molecule has 0 N–H and O–H groups in total. The summed E-state index contributed by atoms with van der Waals surface area (Å²) in [5.41, 5.74) is 19.6. The third kappa shape index (κ3) is 7.50. The number of aryl methyl sites for hydroxylation is 2. The van der Waals surface area contributed by atoms with Gasteiger partial charge in [-0.1, -0.05) is 101 Å². The molecule has 0 fully saturated rings. The van der Waals surface area contributed by atoms with Crippen molar-refractivity contribution in [2.45, 2.75) is 91.4 Å². The summed E-state index contributed by atoms with van der Waals surface area (Å²) in [6.07, 6.45) is 23.3. The summed E-state index contributed by atoms with van der Waals surface area (Å²) in [5, 5.41) is 0. The molecule has 190 valence electrons. The highest BCUT2D eigenvalue weighted by atomic mass is 15.2. The van der Waals surface area contributed by atoms with Gasteiger partial charge in [0.1, 0.15) is 0 Å². The summed E-state index contributed by atoms with van der Waals surface area (Å²) in [4.78, 5) is 0. The van der Waals surface area contributed by atoms with Gasteiger partial charge in [-0.3, -0.25) is 0 Å². The Labute approximate surface area is 219 Å². The molecule has 36 heavy (non-hydrogen) atoms. The van der Waals surface area contributed by atoms with Gasteiger partial charge < -0.3 is 5.53 Å². The summed E-state index contributed by atoms with van der Waals surface area (Å²) in [6.45, 7) is 6.66. The van der Waals surface area contributed by atoms with Crippen molar-refractivity contribution >= 4 is 11.4 Å². The predicted octanol–water partition coefficient (Wildman–Crippen LogP) is 10.3. The van der Waals surface area contributed by atoms with Crippen LogP contribution in [0, 0.1) is 0 Å². The number of allylic oxidation sites excluding steroid dienone is 6. The van der Waals surface area contributed by atoms with Crippen molar-refractivity contribution in [2.24, 2.45) is 0 Å². The molecule has 2 aromatic carbocycles. The minimum absolute atomic E-state index is 0.905. The van der Waals surface area contributed by atoms with Crippen LogP contribution in [-0.2, 0) is 12.8 Å². The molecule has 3 rings (SSSR count). The van der Waals surface area contributed by atoms with E-state index in [1.165, 1.54) is 34.2 Å². The number of benzene rings is 2. The molecule has 2 heteroatoms. The predicted molar refractivity (Wildman–Crippen MR) is 156 cm³/mol. The van der Waals surface area contributed by atoms with Gasteiger partial charge in [-0.15, -0.1) is 0 Å². The van der Waals surface area contributed by atoms with Crippen LogP contribution < -0.4 is 0 Å². The van der Waals surface area contributed by atoms with E-state index in [2.05, 4.69) is 99.7 Å². The van der Waals surface area contributed by atoms with Crippen LogP contribution in [0.15, 0.2) is 84.5 Å². The highest BCUT2D eigenvalue weighted by Crippen LogP contribution is 2.39. The first-order valence-electron chi connectivity index (χ1n) is 14.1. The largest absolute Gasteiger partial charge is 0.493 e. The number of nitrogens with zero attached hydrogens (tertiary/aromatic N) is 2. The van der Waals surface area contributed by atoms with E-state index in [-0.39, 0.29) is 0 Å². The quantitative estimate of drug-likeness (QED) is 0.179. The first-order chi connectivity index (χ1) is 17.7. The van der Waals surface area contributed by atoms with Gasteiger partial charge in [0.05, 0.1) is 0 Å². The van der Waals surface area contributed by atoms with Crippen LogP contribution in [0.25, 0.3) is 16.9 Å². The van der Waals surface area contributed by atoms with Crippen molar-refractivity contribution in [3.8, 4) is 0 Å². The molecular weight excluding hydrogens is 436 g/mol.